The van der Waals surface area contributed by atoms with Gasteiger partial charge in [-0.25, -0.2) is 0 Å². The Morgan fingerprint density at radius 1 is 1.43 bits per heavy atom. The third-order valence-corrected chi connectivity index (χ3v) is 3.87. The highest BCUT2D eigenvalue weighted by Gasteiger charge is 2.02. The molecule has 0 spiro atoms. The molecule has 0 unspecified atom stereocenters. The molecule has 0 bridgehead atoms. The minimum absolute atomic E-state index is 0.700. The van der Waals surface area contributed by atoms with E-state index in [9.17, 15) is 0 Å². The lowest BCUT2D eigenvalue weighted by atomic mass is 10.4. The molecular weight excluding hydrogens is 255 g/mol. The highest BCUT2D eigenvalue weighted by molar-refractivity contribution is 7.99. The van der Waals surface area contributed by atoms with Crippen molar-refractivity contribution in [2.75, 3.05) is 11.5 Å². The Morgan fingerprint density at radius 3 is 2.79 bits per heavy atom. The van der Waals surface area contributed by atoms with E-state index in [2.05, 4.69) is 19.2 Å². The van der Waals surface area contributed by atoms with Gasteiger partial charge in [0.2, 0.25) is 0 Å². The number of thiol groups is 1. The van der Waals surface area contributed by atoms with Gasteiger partial charge in [0.25, 0.3) is 0 Å². The van der Waals surface area contributed by atoms with Crippen molar-refractivity contribution in [1.82, 2.24) is 0 Å². The molecule has 0 saturated carbocycles. The molecule has 14 heavy (non-hydrogen) atoms. The van der Waals surface area contributed by atoms with Crippen molar-refractivity contribution in [3.63, 3.8) is 0 Å². The van der Waals surface area contributed by atoms with Gasteiger partial charge in [0.05, 0.1) is 5.02 Å². The normalized spacial score (nSPS) is 10.2. The van der Waals surface area contributed by atoms with Crippen LogP contribution in [-0.4, -0.2) is 11.5 Å². The second-order valence-electron chi connectivity index (χ2n) is 2.77. The maximum atomic E-state index is 5.99. The smallest absolute Gasteiger partial charge is 0.0543 e. The summed E-state index contributed by atoms with van der Waals surface area (Å²) >= 11 is 17.6. The minimum atomic E-state index is 0.700. The molecule has 0 amide bonds. The fourth-order valence-electron chi connectivity index (χ4n) is 0.813. The van der Waals surface area contributed by atoms with Crippen molar-refractivity contribution >= 4 is 47.6 Å². The molecule has 1 aromatic rings. The van der Waals surface area contributed by atoms with E-state index < -0.39 is 0 Å². The Balaban J connectivity index is 2.66. The van der Waals surface area contributed by atoms with Gasteiger partial charge in [0.1, 0.15) is 0 Å². The second kappa shape index (κ2) is 5.96. The lowest BCUT2D eigenvalue weighted by Crippen LogP contribution is -1.86. The topological polar surface area (TPSA) is 0 Å². The fourth-order valence-corrected chi connectivity index (χ4v) is 2.47. The van der Waals surface area contributed by atoms with Crippen LogP contribution in [0.2, 0.25) is 10.0 Å². The van der Waals surface area contributed by atoms with Gasteiger partial charge in [-0.05, 0) is 18.2 Å². The molecule has 0 aliphatic rings. The zero-order valence-corrected chi connectivity index (χ0v) is 10.7. The molecule has 0 aliphatic heterocycles. The van der Waals surface area contributed by atoms with Crippen molar-refractivity contribution < 1.29 is 0 Å². The van der Waals surface area contributed by atoms with Crippen molar-refractivity contribution in [2.45, 2.75) is 4.90 Å². The van der Waals surface area contributed by atoms with Crippen LogP contribution in [0, 0.1) is 0 Å². The van der Waals surface area contributed by atoms with Crippen LogP contribution in [0.4, 0.5) is 0 Å². The molecule has 0 fully saturated rings. The van der Waals surface area contributed by atoms with Crippen molar-refractivity contribution in [3.8, 4) is 0 Å². The molecule has 1 aromatic carbocycles. The number of thioether (sulfide) groups is 1. The maximum Gasteiger partial charge on any atom is 0.0543 e. The standard InChI is InChI=1S/C10H10Cl2S2/c1-7(5-13)6-14-10-4-8(11)2-3-9(10)12/h2-4,13H,1,5-6H2. The quantitative estimate of drug-likeness (QED) is 0.472. The van der Waals surface area contributed by atoms with Crippen LogP contribution in [-0.2, 0) is 0 Å². The monoisotopic (exact) mass is 264 g/mol. The summed E-state index contributed by atoms with van der Waals surface area (Å²) in [5, 5.41) is 1.43. The highest BCUT2D eigenvalue weighted by Crippen LogP contribution is 2.30. The van der Waals surface area contributed by atoms with Gasteiger partial charge in [-0.15, -0.1) is 11.8 Å². The average Bonchev–Trinajstić information content (AvgIpc) is 2.19. The number of rotatable bonds is 4. The SMILES string of the molecule is C=C(CS)CSc1cc(Cl)ccc1Cl. The van der Waals surface area contributed by atoms with E-state index >= 15 is 0 Å². The van der Waals surface area contributed by atoms with Gasteiger partial charge in [-0.3, -0.25) is 0 Å². The minimum Gasteiger partial charge on any atom is -0.175 e. The molecule has 0 nitrogen and oxygen atoms in total. The molecule has 0 aliphatic carbocycles. The molecule has 4 heteroatoms. The molecule has 1 rings (SSSR count). The van der Waals surface area contributed by atoms with Gasteiger partial charge in [0.15, 0.2) is 0 Å². The largest absolute Gasteiger partial charge is 0.175 e. The summed E-state index contributed by atoms with van der Waals surface area (Å²) in [5.74, 6) is 1.52. The predicted molar refractivity (Wildman–Crippen MR) is 70.2 cm³/mol. The molecular formula is C10H10Cl2S2. The van der Waals surface area contributed by atoms with E-state index in [1.807, 2.05) is 6.07 Å². The van der Waals surface area contributed by atoms with Crippen molar-refractivity contribution in [1.29, 1.82) is 0 Å². The summed E-state index contributed by atoms with van der Waals surface area (Å²) in [6.45, 7) is 3.87. The molecule has 0 N–H and O–H groups in total. The van der Waals surface area contributed by atoms with E-state index in [0.29, 0.717) is 10.8 Å². The molecule has 0 atom stereocenters. The van der Waals surface area contributed by atoms with Gasteiger partial charge in [-0.2, -0.15) is 12.6 Å². The van der Waals surface area contributed by atoms with Gasteiger partial charge >= 0.3 is 0 Å². The molecule has 0 aromatic heterocycles. The van der Waals surface area contributed by atoms with Crippen LogP contribution in [0.15, 0.2) is 35.2 Å². The zero-order valence-electron chi connectivity index (χ0n) is 7.46. The van der Waals surface area contributed by atoms with E-state index in [1.165, 1.54) is 0 Å². The van der Waals surface area contributed by atoms with Crippen LogP contribution in [0.25, 0.3) is 0 Å². The number of halogens is 2. The lowest BCUT2D eigenvalue weighted by Gasteiger charge is -2.05. The second-order valence-corrected chi connectivity index (χ2v) is 4.95. The third-order valence-electron chi connectivity index (χ3n) is 1.55. The first-order valence-electron chi connectivity index (χ1n) is 3.99. The first kappa shape index (κ1) is 12.3. The summed E-state index contributed by atoms with van der Waals surface area (Å²) in [6.07, 6.45) is 0. The Labute approximate surface area is 104 Å². The fraction of sp³-hybridized carbons (Fsp3) is 0.200. The Kier molecular flexibility index (Phi) is 5.24. The first-order chi connectivity index (χ1) is 6.63. The van der Waals surface area contributed by atoms with Crippen LogP contribution in [0.1, 0.15) is 0 Å². The highest BCUT2D eigenvalue weighted by atomic mass is 35.5. The van der Waals surface area contributed by atoms with Crippen LogP contribution in [0.3, 0.4) is 0 Å². The number of benzene rings is 1. The Morgan fingerprint density at radius 2 is 2.14 bits per heavy atom. The average molecular weight is 265 g/mol. The molecule has 0 saturated heterocycles. The lowest BCUT2D eigenvalue weighted by molar-refractivity contribution is 1.42. The van der Waals surface area contributed by atoms with E-state index in [4.69, 9.17) is 23.2 Å². The van der Waals surface area contributed by atoms with Gasteiger partial charge in [0, 0.05) is 21.4 Å². The van der Waals surface area contributed by atoms with Gasteiger partial charge in [-0.1, -0.05) is 35.4 Å². The van der Waals surface area contributed by atoms with E-state index in [-0.39, 0.29) is 0 Å². The van der Waals surface area contributed by atoms with Gasteiger partial charge < -0.3 is 0 Å². The van der Waals surface area contributed by atoms with Crippen LogP contribution >= 0.6 is 47.6 Å². The van der Waals surface area contributed by atoms with Crippen LogP contribution < -0.4 is 0 Å². The number of hydrogen-bond donors (Lipinski definition) is 1. The molecule has 0 radical (unpaired) electrons. The van der Waals surface area contributed by atoms with Crippen molar-refractivity contribution in [3.05, 3.63) is 40.4 Å². The maximum absolute atomic E-state index is 5.99. The molecule has 0 heterocycles. The van der Waals surface area contributed by atoms with E-state index in [1.54, 1.807) is 23.9 Å². The first-order valence-corrected chi connectivity index (χ1v) is 6.36. The van der Waals surface area contributed by atoms with Crippen LogP contribution in [0.5, 0.6) is 0 Å². The summed E-state index contributed by atoms with van der Waals surface area (Å²) < 4.78 is 0. The Hall–Kier alpha value is 0.240. The number of hydrogen-bond acceptors (Lipinski definition) is 2. The Bertz CT molecular complexity index is 337. The summed E-state index contributed by atoms with van der Waals surface area (Å²) in [4.78, 5) is 0.988. The summed E-state index contributed by atoms with van der Waals surface area (Å²) in [7, 11) is 0. The van der Waals surface area contributed by atoms with Crippen molar-refractivity contribution in [2.24, 2.45) is 0 Å². The van der Waals surface area contributed by atoms with E-state index in [0.717, 1.165) is 21.2 Å². The zero-order chi connectivity index (χ0) is 10.6. The summed E-state index contributed by atoms with van der Waals surface area (Å²) in [5.41, 5.74) is 1.08. The third kappa shape index (κ3) is 3.77. The summed E-state index contributed by atoms with van der Waals surface area (Å²) in [6, 6.07) is 5.44. The predicted octanol–water partition coefficient (Wildman–Crippen LogP) is 4.57. The molecule has 76 valence electrons.